The van der Waals surface area contributed by atoms with Crippen molar-refractivity contribution in [2.24, 2.45) is 0 Å². The number of hydrogen-bond acceptors (Lipinski definition) is 3. The van der Waals surface area contributed by atoms with Gasteiger partial charge in [-0.25, -0.2) is 0 Å². The van der Waals surface area contributed by atoms with Crippen LogP contribution in [0.2, 0.25) is 0 Å². The zero-order valence-electron chi connectivity index (χ0n) is 14.6. The summed E-state index contributed by atoms with van der Waals surface area (Å²) in [5.74, 6) is 0. The highest BCUT2D eigenvalue weighted by Crippen LogP contribution is 2.18. The van der Waals surface area contributed by atoms with Crippen molar-refractivity contribution >= 4 is 0 Å². The third-order valence-corrected chi connectivity index (χ3v) is 3.52. The zero-order chi connectivity index (χ0) is 15.8. The minimum absolute atomic E-state index is 0.308. The molecule has 3 nitrogen and oxygen atoms in total. The van der Waals surface area contributed by atoms with Crippen LogP contribution in [0.4, 0.5) is 0 Å². The SMILES string of the molecule is CCNC(CN(C)CCOC(C)C)c1cc(C)cc(C)c1. The molecule has 0 heterocycles. The Hall–Kier alpha value is -0.900. The molecule has 0 radical (unpaired) electrons. The number of benzene rings is 1. The van der Waals surface area contributed by atoms with Gasteiger partial charge in [0.05, 0.1) is 12.7 Å². The van der Waals surface area contributed by atoms with E-state index in [9.17, 15) is 0 Å². The molecule has 1 aromatic carbocycles. The molecule has 0 fully saturated rings. The van der Waals surface area contributed by atoms with Gasteiger partial charge in [-0.15, -0.1) is 0 Å². The highest BCUT2D eigenvalue weighted by Gasteiger charge is 2.13. The molecular weight excluding hydrogens is 260 g/mol. The Labute approximate surface area is 130 Å². The van der Waals surface area contributed by atoms with Crippen molar-refractivity contribution in [3.63, 3.8) is 0 Å². The average molecular weight is 292 g/mol. The third kappa shape index (κ3) is 7.07. The van der Waals surface area contributed by atoms with E-state index >= 15 is 0 Å². The van der Waals surface area contributed by atoms with E-state index in [-0.39, 0.29) is 0 Å². The fourth-order valence-electron chi connectivity index (χ4n) is 2.59. The number of likely N-dealkylation sites (N-methyl/N-ethyl adjacent to an activating group) is 2. The highest BCUT2D eigenvalue weighted by molar-refractivity contribution is 5.30. The second-order valence-electron chi connectivity index (χ2n) is 6.21. The fraction of sp³-hybridized carbons (Fsp3) is 0.667. The lowest BCUT2D eigenvalue weighted by atomic mass is 10.0. The van der Waals surface area contributed by atoms with E-state index in [0.29, 0.717) is 12.1 Å². The zero-order valence-corrected chi connectivity index (χ0v) is 14.6. The molecule has 1 rings (SSSR count). The third-order valence-electron chi connectivity index (χ3n) is 3.52. The Morgan fingerprint density at radius 3 is 2.29 bits per heavy atom. The molecule has 1 unspecified atom stereocenters. The summed E-state index contributed by atoms with van der Waals surface area (Å²) in [5.41, 5.74) is 4.04. The standard InChI is InChI=1S/C18H32N2O/c1-7-19-18(13-20(6)8-9-21-14(2)3)17-11-15(4)10-16(5)12-17/h10-12,14,18-19H,7-9,13H2,1-6H3. The molecule has 0 aliphatic rings. The van der Waals surface area contributed by atoms with Crippen LogP contribution < -0.4 is 5.32 Å². The van der Waals surface area contributed by atoms with Crippen molar-refractivity contribution in [1.29, 1.82) is 0 Å². The number of nitrogens with one attached hydrogen (secondary N) is 1. The predicted molar refractivity (Wildman–Crippen MR) is 90.9 cm³/mol. The first-order valence-electron chi connectivity index (χ1n) is 8.04. The van der Waals surface area contributed by atoms with Crippen LogP contribution in [0, 0.1) is 13.8 Å². The Balaban J connectivity index is 2.64. The number of ether oxygens (including phenoxy) is 1. The molecule has 1 aromatic rings. The molecule has 1 atom stereocenters. The first-order chi connectivity index (χ1) is 9.92. The Kier molecular flexibility index (Phi) is 7.94. The van der Waals surface area contributed by atoms with Gasteiger partial charge in [-0.05, 0) is 46.9 Å². The Bertz CT molecular complexity index is 397. The number of aryl methyl sites for hydroxylation is 2. The van der Waals surface area contributed by atoms with Crippen LogP contribution >= 0.6 is 0 Å². The van der Waals surface area contributed by atoms with Crippen molar-refractivity contribution < 1.29 is 4.74 Å². The normalized spacial score (nSPS) is 13.1. The van der Waals surface area contributed by atoms with Gasteiger partial charge in [0, 0.05) is 19.1 Å². The minimum Gasteiger partial charge on any atom is -0.377 e. The summed E-state index contributed by atoms with van der Waals surface area (Å²) < 4.78 is 5.64. The van der Waals surface area contributed by atoms with Gasteiger partial charge in [0.1, 0.15) is 0 Å². The van der Waals surface area contributed by atoms with Gasteiger partial charge in [-0.3, -0.25) is 0 Å². The summed E-state index contributed by atoms with van der Waals surface area (Å²) in [6.45, 7) is 14.4. The van der Waals surface area contributed by atoms with E-state index in [4.69, 9.17) is 4.74 Å². The van der Waals surface area contributed by atoms with Crippen LogP contribution in [-0.4, -0.2) is 44.3 Å². The molecule has 1 N–H and O–H groups in total. The molecule has 21 heavy (non-hydrogen) atoms. The van der Waals surface area contributed by atoms with Gasteiger partial charge in [0.2, 0.25) is 0 Å². The van der Waals surface area contributed by atoms with Crippen LogP contribution in [0.1, 0.15) is 43.5 Å². The number of rotatable bonds is 9. The van der Waals surface area contributed by atoms with Crippen molar-refractivity contribution in [1.82, 2.24) is 10.2 Å². The largest absolute Gasteiger partial charge is 0.377 e. The molecule has 0 saturated heterocycles. The summed E-state index contributed by atoms with van der Waals surface area (Å²) in [7, 11) is 2.16. The van der Waals surface area contributed by atoms with Crippen molar-refractivity contribution in [3.8, 4) is 0 Å². The molecule has 120 valence electrons. The summed E-state index contributed by atoms with van der Waals surface area (Å²) in [6.07, 6.45) is 0.308. The van der Waals surface area contributed by atoms with E-state index in [0.717, 1.165) is 26.2 Å². The smallest absolute Gasteiger partial charge is 0.0596 e. The summed E-state index contributed by atoms with van der Waals surface area (Å²) >= 11 is 0. The maximum atomic E-state index is 5.64. The average Bonchev–Trinajstić information content (AvgIpc) is 2.36. The molecule has 0 aromatic heterocycles. The van der Waals surface area contributed by atoms with Crippen molar-refractivity contribution in [3.05, 3.63) is 34.9 Å². The molecule has 0 aliphatic carbocycles. The van der Waals surface area contributed by atoms with Crippen LogP contribution in [0.25, 0.3) is 0 Å². The van der Waals surface area contributed by atoms with Crippen molar-refractivity contribution in [2.45, 2.75) is 46.8 Å². The van der Waals surface area contributed by atoms with Gasteiger partial charge in [0.25, 0.3) is 0 Å². The molecule has 0 saturated carbocycles. The molecule has 0 bridgehead atoms. The minimum atomic E-state index is 0.308. The predicted octanol–water partition coefficient (Wildman–Crippen LogP) is 3.31. The summed E-state index contributed by atoms with van der Waals surface area (Å²) in [6, 6.07) is 7.18. The van der Waals surface area contributed by atoms with Gasteiger partial charge in [0.15, 0.2) is 0 Å². The van der Waals surface area contributed by atoms with Gasteiger partial charge >= 0.3 is 0 Å². The van der Waals surface area contributed by atoms with E-state index < -0.39 is 0 Å². The van der Waals surface area contributed by atoms with Gasteiger partial charge in [-0.1, -0.05) is 36.2 Å². The lowest BCUT2D eigenvalue weighted by Gasteiger charge is -2.26. The molecule has 0 amide bonds. The molecule has 3 heteroatoms. The van der Waals surface area contributed by atoms with E-state index in [2.05, 4.69) is 70.1 Å². The molecule has 0 spiro atoms. The lowest BCUT2D eigenvalue weighted by Crippen LogP contribution is -2.35. The number of nitrogens with zero attached hydrogens (tertiary/aromatic N) is 1. The maximum absolute atomic E-state index is 5.64. The summed E-state index contributed by atoms with van der Waals surface area (Å²) in [5, 5.41) is 3.60. The van der Waals surface area contributed by atoms with Gasteiger partial charge in [-0.2, -0.15) is 0 Å². The first kappa shape index (κ1) is 18.1. The van der Waals surface area contributed by atoms with Crippen LogP contribution in [0.3, 0.4) is 0 Å². The first-order valence-corrected chi connectivity index (χ1v) is 8.04. The van der Waals surface area contributed by atoms with Crippen molar-refractivity contribution in [2.75, 3.05) is 33.3 Å². The van der Waals surface area contributed by atoms with Gasteiger partial charge < -0.3 is 15.0 Å². The quantitative estimate of drug-likeness (QED) is 0.756. The van der Waals surface area contributed by atoms with Crippen LogP contribution in [0.5, 0.6) is 0 Å². The Morgan fingerprint density at radius 2 is 1.76 bits per heavy atom. The van der Waals surface area contributed by atoms with E-state index in [1.54, 1.807) is 0 Å². The topological polar surface area (TPSA) is 24.5 Å². The second-order valence-corrected chi connectivity index (χ2v) is 6.21. The van der Waals surface area contributed by atoms with Crippen LogP contribution in [0.15, 0.2) is 18.2 Å². The van der Waals surface area contributed by atoms with E-state index in [1.165, 1.54) is 16.7 Å². The lowest BCUT2D eigenvalue weighted by molar-refractivity contribution is 0.0623. The summed E-state index contributed by atoms with van der Waals surface area (Å²) in [4.78, 5) is 2.34. The fourth-order valence-corrected chi connectivity index (χ4v) is 2.59. The highest BCUT2D eigenvalue weighted by atomic mass is 16.5. The number of hydrogen-bond donors (Lipinski definition) is 1. The second kappa shape index (κ2) is 9.19. The van der Waals surface area contributed by atoms with E-state index in [1.807, 2.05) is 0 Å². The molecule has 0 aliphatic heterocycles. The van der Waals surface area contributed by atoms with Crippen LogP contribution in [-0.2, 0) is 4.74 Å². The Morgan fingerprint density at radius 1 is 1.14 bits per heavy atom. The monoisotopic (exact) mass is 292 g/mol. The molecular formula is C18H32N2O. The maximum Gasteiger partial charge on any atom is 0.0596 e.